The molecule has 0 aromatic carbocycles. The average Bonchev–Trinajstić information content (AvgIpc) is 2.08. The molecule has 0 fully saturated rings. The van der Waals surface area contributed by atoms with Crippen molar-refractivity contribution in [2.75, 3.05) is 0 Å². The Balaban J connectivity index is 2.90. The summed E-state index contributed by atoms with van der Waals surface area (Å²) in [5.74, 6) is 0. The molecular formula is C5H3F3N. The summed E-state index contributed by atoms with van der Waals surface area (Å²) in [6.07, 6.45) is -3.10. The van der Waals surface area contributed by atoms with Crippen molar-refractivity contribution >= 4 is 0 Å². The smallest absolute Gasteiger partial charge is 0.357 e. The second-order valence-electron chi connectivity index (χ2n) is 1.49. The van der Waals surface area contributed by atoms with Crippen LogP contribution in [0, 0.1) is 6.07 Å². The Morgan fingerprint density at radius 3 is 2.33 bits per heavy atom. The highest BCUT2D eigenvalue weighted by Gasteiger charge is 2.31. The fourth-order valence-corrected chi connectivity index (χ4v) is 0.455. The Morgan fingerprint density at radius 1 is 1.44 bits per heavy atom. The van der Waals surface area contributed by atoms with Gasteiger partial charge in [-0.05, 0) is 6.07 Å². The van der Waals surface area contributed by atoms with E-state index in [1.807, 2.05) is 11.1 Å². The summed E-state index contributed by atoms with van der Waals surface area (Å²) in [5, 5.41) is 0. The van der Waals surface area contributed by atoms with Gasteiger partial charge in [-0.2, -0.15) is 13.2 Å². The number of alkyl halides is 3. The van der Waals surface area contributed by atoms with E-state index >= 15 is 0 Å². The van der Waals surface area contributed by atoms with Crippen molar-refractivity contribution in [2.24, 2.45) is 0 Å². The van der Waals surface area contributed by atoms with Crippen molar-refractivity contribution in [1.82, 2.24) is 4.98 Å². The van der Waals surface area contributed by atoms with Gasteiger partial charge in [-0.25, -0.2) is 0 Å². The van der Waals surface area contributed by atoms with E-state index in [1.54, 1.807) is 0 Å². The molecule has 0 saturated heterocycles. The summed E-state index contributed by atoms with van der Waals surface area (Å²) >= 11 is 0. The molecule has 0 amide bonds. The largest absolute Gasteiger partial charge is 0.431 e. The van der Waals surface area contributed by atoms with Crippen LogP contribution in [0.5, 0.6) is 0 Å². The van der Waals surface area contributed by atoms with Crippen LogP contribution in [-0.4, -0.2) is 4.98 Å². The number of hydrogen-bond acceptors (Lipinski definition) is 0. The second-order valence-corrected chi connectivity index (χ2v) is 1.49. The van der Waals surface area contributed by atoms with Gasteiger partial charge in [0, 0.05) is 12.3 Å². The Bertz CT molecular complexity index is 175. The van der Waals surface area contributed by atoms with Gasteiger partial charge in [-0.3, -0.25) is 0 Å². The minimum atomic E-state index is -4.29. The molecule has 0 aliphatic heterocycles. The van der Waals surface area contributed by atoms with Gasteiger partial charge in [0.05, 0.1) is 0 Å². The highest BCUT2D eigenvalue weighted by atomic mass is 19.4. The van der Waals surface area contributed by atoms with E-state index in [1.165, 1.54) is 12.3 Å². The normalized spacial score (nSPS) is 11.9. The molecule has 0 bridgehead atoms. The van der Waals surface area contributed by atoms with E-state index in [0.29, 0.717) is 0 Å². The summed E-state index contributed by atoms with van der Waals surface area (Å²) in [4.78, 5) is 2.00. The minimum absolute atomic E-state index is 0.831. The molecule has 0 aliphatic carbocycles. The lowest BCUT2D eigenvalue weighted by Gasteiger charge is -1.99. The van der Waals surface area contributed by atoms with Crippen LogP contribution >= 0.6 is 0 Å². The average molecular weight is 134 g/mol. The van der Waals surface area contributed by atoms with Crippen molar-refractivity contribution in [3.05, 3.63) is 24.0 Å². The lowest BCUT2D eigenvalue weighted by atomic mass is 10.4. The molecular weight excluding hydrogens is 131 g/mol. The zero-order valence-corrected chi connectivity index (χ0v) is 4.29. The molecule has 0 spiro atoms. The van der Waals surface area contributed by atoms with Crippen LogP contribution in [0.3, 0.4) is 0 Å². The van der Waals surface area contributed by atoms with Crippen LogP contribution in [0.25, 0.3) is 0 Å². The molecule has 1 aromatic heterocycles. The number of hydrogen-bond donors (Lipinski definition) is 1. The fraction of sp³-hybridized carbons (Fsp3) is 0.200. The summed E-state index contributed by atoms with van der Waals surface area (Å²) in [7, 11) is 0. The molecule has 0 atom stereocenters. The molecule has 1 N–H and O–H groups in total. The number of nitrogens with one attached hydrogen (secondary N) is 1. The molecule has 4 heteroatoms. The lowest BCUT2D eigenvalue weighted by molar-refractivity contribution is -0.141. The van der Waals surface area contributed by atoms with Gasteiger partial charge in [0.15, 0.2) is 0 Å². The maximum atomic E-state index is 11.6. The zero-order chi connectivity index (χ0) is 6.91. The van der Waals surface area contributed by atoms with Gasteiger partial charge >= 0.3 is 6.18 Å². The summed E-state index contributed by atoms with van der Waals surface area (Å²) in [6.45, 7) is 0. The van der Waals surface area contributed by atoms with Gasteiger partial charge in [-0.1, -0.05) is 0 Å². The first-order chi connectivity index (χ1) is 4.11. The first-order valence-electron chi connectivity index (χ1n) is 2.23. The quantitative estimate of drug-likeness (QED) is 0.557. The molecule has 0 unspecified atom stereocenters. The third kappa shape index (κ3) is 1.25. The Hall–Kier alpha value is -0.930. The van der Waals surface area contributed by atoms with Gasteiger partial charge < -0.3 is 4.98 Å². The SMILES string of the molecule is FC(F)(F)c1[c]cc[nH]1. The maximum absolute atomic E-state index is 11.6. The van der Waals surface area contributed by atoms with Gasteiger partial charge in [0.1, 0.15) is 5.69 Å². The molecule has 1 heterocycles. The van der Waals surface area contributed by atoms with E-state index in [2.05, 4.69) is 0 Å². The second kappa shape index (κ2) is 1.79. The van der Waals surface area contributed by atoms with Gasteiger partial charge in [0.2, 0.25) is 0 Å². The Labute approximate surface area is 49.5 Å². The summed E-state index contributed by atoms with van der Waals surface area (Å²) in [6, 6.07) is 3.18. The van der Waals surface area contributed by atoms with E-state index in [4.69, 9.17) is 0 Å². The van der Waals surface area contributed by atoms with Crippen molar-refractivity contribution in [1.29, 1.82) is 0 Å². The monoisotopic (exact) mass is 134 g/mol. The standard InChI is InChI=1S/C5H3F3N/c6-5(7,8)4-2-1-3-9-4/h1,3,9H. The Kier molecular flexibility index (Phi) is 1.23. The topological polar surface area (TPSA) is 15.8 Å². The summed E-state index contributed by atoms with van der Waals surface area (Å²) in [5.41, 5.74) is -0.831. The summed E-state index contributed by atoms with van der Waals surface area (Å²) < 4.78 is 34.7. The van der Waals surface area contributed by atoms with Gasteiger partial charge in [0.25, 0.3) is 0 Å². The molecule has 49 valence electrons. The first-order valence-corrected chi connectivity index (χ1v) is 2.23. The van der Waals surface area contributed by atoms with Gasteiger partial charge in [-0.15, -0.1) is 0 Å². The van der Waals surface area contributed by atoms with Crippen LogP contribution in [-0.2, 0) is 6.18 Å². The number of aromatic amines is 1. The van der Waals surface area contributed by atoms with Crippen LogP contribution in [0.1, 0.15) is 5.69 Å². The van der Waals surface area contributed by atoms with E-state index in [0.717, 1.165) is 0 Å². The molecule has 9 heavy (non-hydrogen) atoms. The Morgan fingerprint density at radius 2 is 2.11 bits per heavy atom. The van der Waals surface area contributed by atoms with E-state index in [9.17, 15) is 13.2 Å². The van der Waals surface area contributed by atoms with Crippen molar-refractivity contribution < 1.29 is 13.2 Å². The molecule has 1 aromatic rings. The fourth-order valence-electron chi connectivity index (χ4n) is 0.455. The third-order valence-electron chi connectivity index (χ3n) is 0.822. The molecule has 1 radical (unpaired) electrons. The van der Waals surface area contributed by atoms with Crippen molar-refractivity contribution in [2.45, 2.75) is 6.18 Å². The lowest BCUT2D eigenvalue weighted by Crippen LogP contribution is -2.04. The molecule has 1 rings (SSSR count). The minimum Gasteiger partial charge on any atom is -0.357 e. The number of H-pyrrole nitrogens is 1. The van der Waals surface area contributed by atoms with Crippen molar-refractivity contribution in [3.63, 3.8) is 0 Å². The number of rotatable bonds is 0. The van der Waals surface area contributed by atoms with Crippen molar-refractivity contribution in [3.8, 4) is 0 Å². The first kappa shape index (κ1) is 6.19. The van der Waals surface area contributed by atoms with Crippen LogP contribution < -0.4 is 0 Å². The maximum Gasteiger partial charge on any atom is 0.431 e. The number of halogens is 3. The molecule has 0 saturated carbocycles. The highest BCUT2D eigenvalue weighted by Crippen LogP contribution is 2.26. The van der Waals surface area contributed by atoms with Crippen LogP contribution in [0.15, 0.2) is 12.3 Å². The van der Waals surface area contributed by atoms with Crippen LogP contribution in [0.4, 0.5) is 13.2 Å². The zero-order valence-electron chi connectivity index (χ0n) is 4.29. The molecule has 0 aliphatic rings. The van der Waals surface area contributed by atoms with E-state index in [-0.39, 0.29) is 0 Å². The third-order valence-corrected chi connectivity index (χ3v) is 0.822. The predicted molar refractivity (Wildman–Crippen MR) is 24.6 cm³/mol. The van der Waals surface area contributed by atoms with Crippen LogP contribution in [0.2, 0.25) is 0 Å². The predicted octanol–water partition coefficient (Wildman–Crippen LogP) is 1.83. The molecule has 1 nitrogen and oxygen atoms in total. The highest BCUT2D eigenvalue weighted by molar-refractivity contribution is 5.04. The van der Waals surface area contributed by atoms with E-state index < -0.39 is 11.9 Å². The number of aromatic nitrogens is 1.